The van der Waals surface area contributed by atoms with Gasteiger partial charge in [-0.1, -0.05) is 43.0 Å². The van der Waals surface area contributed by atoms with Crippen LogP contribution in [0.15, 0.2) is 58.5 Å². The third-order valence-electron chi connectivity index (χ3n) is 4.55. The molecule has 0 radical (unpaired) electrons. The molecule has 1 heterocycles. The molecule has 0 fully saturated rings. The summed E-state index contributed by atoms with van der Waals surface area (Å²) in [6.45, 7) is 2.09. The van der Waals surface area contributed by atoms with Gasteiger partial charge < -0.3 is 0 Å². The Kier molecular flexibility index (Phi) is 6.47. The van der Waals surface area contributed by atoms with E-state index >= 15 is 0 Å². The summed E-state index contributed by atoms with van der Waals surface area (Å²) in [5.74, 6) is 0.222. The van der Waals surface area contributed by atoms with E-state index in [1.165, 1.54) is 17.3 Å². The summed E-state index contributed by atoms with van der Waals surface area (Å²) in [5.41, 5.74) is 2.47. The number of para-hydroxylation sites is 1. The Morgan fingerprint density at radius 3 is 2.57 bits per heavy atom. The molecule has 1 atom stereocenters. The van der Waals surface area contributed by atoms with Crippen molar-refractivity contribution in [2.45, 2.75) is 31.3 Å². The molecule has 3 aromatic rings. The Morgan fingerprint density at radius 1 is 1.14 bits per heavy atom. The Morgan fingerprint density at radius 2 is 1.89 bits per heavy atom. The average molecular weight is 388 g/mol. The molecule has 0 saturated heterocycles. The summed E-state index contributed by atoms with van der Waals surface area (Å²) in [7, 11) is 0. The number of rotatable bonds is 7. The summed E-state index contributed by atoms with van der Waals surface area (Å²) in [6.07, 6.45) is 1.79. The number of thioether (sulfide) groups is 1. The Bertz CT molecular complexity index is 1110. The monoisotopic (exact) mass is 388 g/mol. The molecule has 6 heteroatoms. The van der Waals surface area contributed by atoms with Crippen LogP contribution in [0.3, 0.4) is 0 Å². The summed E-state index contributed by atoms with van der Waals surface area (Å²) in [4.78, 5) is 17.9. The third kappa shape index (κ3) is 4.24. The van der Waals surface area contributed by atoms with Crippen molar-refractivity contribution in [2.24, 2.45) is 5.92 Å². The van der Waals surface area contributed by atoms with E-state index in [0.717, 1.165) is 12.1 Å². The van der Waals surface area contributed by atoms with Crippen LogP contribution in [0.4, 0.5) is 0 Å². The number of nitrogens with zero attached hydrogens (tertiary/aromatic N) is 4. The van der Waals surface area contributed by atoms with Crippen LogP contribution in [0.25, 0.3) is 16.6 Å². The maximum absolute atomic E-state index is 13.2. The molecule has 0 unspecified atom stereocenters. The van der Waals surface area contributed by atoms with Crippen molar-refractivity contribution in [2.75, 3.05) is 5.75 Å². The largest absolute Gasteiger partial charge is 0.268 e. The lowest BCUT2D eigenvalue weighted by molar-refractivity contribution is 0.682. The van der Waals surface area contributed by atoms with Gasteiger partial charge in [-0.3, -0.25) is 9.36 Å². The van der Waals surface area contributed by atoms with Crippen molar-refractivity contribution < 1.29 is 0 Å². The first-order valence-corrected chi connectivity index (χ1v) is 10.2. The summed E-state index contributed by atoms with van der Waals surface area (Å²) in [6, 6.07) is 19.5. The van der Waals surface area contributed by atoms with Crippen LogP contribution in [0.5, 0.6) is 0 Å². The van der Waals surface area contributed by atoms with Gasteiger partial charge in [0.2, 0.25) is 0 Å². The van der Waals surface area contributed by atoms with Crippen molar-refractivity contribution in [3.8, 4) is 17.8 Å². The molecular formula is C22H20N4OS. The second-order valence-electron chi connectivity index (χ2n) is 6.41. The second kappa shape index (κ2) is 9.21. The molecule has 0 spiro atoms. The van der Waals surface area contributed by atoms with Crippen LogP contribution in [0.2, 0.25) is 0 Å². The van der Waals surface area contributed by atoms with Gasteiger partial charge in [0, 0.05) is 12.2 Å². The van der Waals surface area contributed by atoms with Gasteiger partial charge in [0.15, 0.2) is 5.16 Å². The fraction of sp³-hybridized carbons (Fsp3) is 0.273. The maximum atomic E-state index is 13.2. The molecule has 0 aliphatic carbocycles. The van der Waals surface area contributed by atoms with Gasteiger partial charge in [-0.05, 0) is 42.7 Å². The summed E-state index contributed by atoms with van der Waals surface area (Å²) in [5, 5.41) is 19.2. The predicted octanol–water partition coefficient (Wildman–Crippen LogP) is 4.48. The molecular weight excluding hydrogens is 368 g/mol. The van der Waals surface area contributed by atoms with E-state index in [9.17, 15) is 10.1 Å². The van der Waals surface area contributed by atoms with Crippen molar-refractivity contribution in [1.82, 2.24) is 9.55 Å². The van der Waals surface area contributed by atoms with Crippen LogP contribution in [-0.2, 0) is 6.42 Å². The van der Waals surface area contributed by atoms with Gasteiger partial charge in [0.25, 0.3) is 5.56 Å². The minimum atomic E-state index is -0.260. The van der Waals surface area contributed by atoms with Crippen molar-refractivity contribution in [1.29, 1.82) is 10.5 Å². The van der Waals surface area contributed by atoms with Gasteiger partial charge in [-0.15, -0.1) is 0 Å². The molecule has 140 valence electrons. The first kappa shape index (κ1) is 19.7. The smallest absolute Gasteiger partial charge is 0.266 e. The molecule has 0 saturated carbocycles. The van der Waals surface area contributed by atoms with Gasteiger partial charge in [0.05, 0.1) is 34.6 Å². The van der Waals surface area contributed by atoms with E-state index in [1.54, 1.807) is 10.6 Å². The number of benzene rings is 2. The molecule has 3 rings (SSSR count). The number of nitriles is 2. The summed E-state index contributed by atoms with van der Waals surface area (Å²) < 4.78 is 1.62. The van der Waals surface area contributed by atoms with Crippen LogP contribution < -0.4 is 5.56 Å². The molecule has 28 heavy (non-hydrogen) atoms. The van der Waals surface area contributed by atoms with Crippen LogP contribution in [-0.4, -0.2) is 15.3 Å². The van der Waals surface area contributed by atoms with E-state index in [1.807, 2.05) is 42.5 Å². The number of hydrogen-bond acceptors (Lipinski definition) is 5. The van der Waals surface area contributed by atoms with Gasteiger partial charge in [-0.25, -0.2) is 4.98 Å². The fourth-order valence-electron chi connectivity index (χ4n) is 2.92. The van der Waals surface area contributed by atoms with E-state index in [0.29, 0.717) is 34.7 Å². The maximum Gasteiger partial charge on any atom is 0.266 e. The molecule has 5 nitrogen and oxygen atoms in total. The first-order valence-electron chi connectivity index (χ1n) is 9.18. The molecule has 0 aliphatic heterocycles. The predicted molar refractivity (Wildman–Crippen MR) is 111 cm³/mol. The Hall–Kier alpha value is -3.09. The van der Waals surface area contributed by atoms with Crippen LogP contribution in [0.1, 0.15) is 25.3 Å². The first-order chi connectivity index (χ1) is 13.7. The van der Waals surface area contributed by atoms with Crippen LogP contribution in [0, 0.1) is 28.6 Å². The Balaban J connectivity index is 2.05. The quantitative estimate of drug-likeness (QED) is 0.440. The second-order valence-corrected chi connectivity index (χ2v) is 7.39. The average Bonchev–Trinajstić information content (AvgIpc) is 2.74. The van der Waals surface area contributed by atoms with E-state index in [2.05, 4.69) is 19.1 Å². The molecule has 0 N–H and O–H groups in total. The zero-order valence-electron chi connectivity index (χ0n) is 15.6. The molecule has 0 aliphatic rings. The van der Waals surface area contributed by atoms with Crippen molar-refractivity contribution in [3.63, 3.8) is 0 Å². The van der Waals surface area contributed by atoms with Crippen molar-refractivity contribution in [3.05, 3.63) is 64.4 Å². The van der Waals surface area contributed by atoms with E-state index in [4.69, 9.17) is 10.2 Å². The molecule has 1 aromatic heterocycles. The lowest BCUT2D eigenvalue weighted by Gasteiger charge is -2.14. The van der Waals surface area contributed by atoms with Gasteiger partial charge >= 0.3 is 0 Å². The topological polar surface area (TPSA) is 82.5 Å². The molecule has 2 aromatic carbocycles. The third-order valence-corrected chi connectivity index (χ3v) is 5.65. The minimum Gasteiger partial charge on any atom is -0.268 e. The van der Waals surface area contributed by atoms with Gasteiger partial charge in [-0.2, -0.15) is 10.5 Å². The van der Waals surface area contributed by atoms with Crippen molar-refractivity contribution >= 4 is 22.7 Å². The lowest BCUT2D eigenvalue weighted by Crippen LogP contribution is -2.22. The molecule has 0 bridgehead atoms. The standard InChI is InChI=1S/C22H20N4OS/c1-2-16-9-11-18(12-10-16)26-21(27)19-7-3-4-8-20(19)25-22(26)28-15-17(14-24)6-5-13-23/h3-4,7-12,17H,2,5-6,15H2,1H3/t17-/m0/s1. The fourth-order valence-corrected chi connectivity index (χ4v) is 3.99. The zero-order chi connectivity index (χ0) is 19.9. The van der Waals surface area contributed by atoms with E-state index in [-0.39, 0.29) is 11.5 Å². The lowest BCUT2D eigenvalue weighted by atomic mass is 10.1. The number of hydrogen-bond donors (Lipinski definition) is 0. The van der Waals surface area contributed by atoms with Crippen LogP contribution >= 0.6 is 11.8 Å². The minimum absolute atomic E-state index is 0.122. The highest BCUT2D eigenvalue weighted by Gasteiger charge is 2.16. The number of aryl methyl sites for hydroxylation is 1. The highest BCUT2D eigenvalue weighted by atomic mass is 32.2. The number of aromatic nitrogens is 2. The highest BCUT2D eigenvalue weighted by molar-refractivity contribution is 7.99. The van der Waals surface area contributed by atoms with Gasteiger partial charge in [0.1, 0.15) is 0 Å². The normalized spacial score (nSPS) is 11.7. The SMILES string of the molecule is CCc1ccc(-n2c(SC[C@H](C#N)CCC#N)nc3ccccc3c2=O)cc1. The Labute approximate surface area is 168 Å². The molecule has 0 amide bonds. The highest BCUT2D eigenvalue weighted by Crippen LogP contribution is 2.24. The zero-order valence-corrected chi connectivity index (χ0v) is 16.4. The number of fused-ring (bicyclic) bond motifs is 1. The van der Waals surface area contributed by atoms with E-state index < -0.39 is 0 Å². The summed E-state index contributed by atoms with van der Waals surface area (Å²) >= 11 is 1.38.